The Morgan fingerprint density at radius 3 is 3.06 bits per heavy atom. The number of hydrogen-bond donors (Lipinski definition) is 1. The van der Waals surface area contributed by atoms with Gasteiger partial charge in [-0.3, -0.25) is 0 Å². The summed E-state index contributed by atoms with van der Waals surface area (Å²) in [5.41, 5.74) is 0. The number of hydrogen-bond acceptors (Lipinski definition) is 5. The van der Waals surface area contributed by atoms with Gasteiger partial charge in [0, 0.05) is 18.3 Å². The minimum absolute atomic E-state index is 0.655. The third-order valence-corrected chi connectivity index (χ3v) is 4.48. The molecule has 2 atom stereocenters. The highest BCUT2D eigenvalue weighted by molar-refractivity contribution is 7.99. The van der Waals surface area contributed by atoms with Gasteiger partial charge in [0.05, 0.1) is 0 Å². The lowest BCUT2D eigenvalue weighted by Crippen LogP contribution is -2.35. The van der Waals surface area contributed by atoms with E-state index in [1.807, 2.05) is 18.8 Å². The van der Waals surface area contributed by atoms with E-state index in [4.69, 9.17) is 0 Å². The normalized spacial score (nSPS) is 25.1. The molecule has 1 saturated carbocycles. The lowest BCUT2D eigenvalue weighted by molar-refractivity contribution is 0.381. The van der Waals surface area contributed by atoms with Crippen molar-refractivity contribution in [3.05, 3.63) is 0 Å². The van der Waals surface area contributed by atoms with E-state index in [9.17, 15) is 0 Å². The van der Waals surface area contributed by atoms with Gasteiger partial charge in [0.25, 0.3) is 0 Å². The molecule has 1 fully saturated rings. The minimum Gasteiger partial charge on any atom is -0.314 e. The summed E-state index contributed by atoms with van der Waals surface area (Å²) in [6.45, 7) is 3.35. The van der Waals surface area contributed by atoms with E-state index in [0.717, 1.165) is 11.7 Å². The summed E-state index contributed by atoms with van der Waals surface area (Å²) in [4.78, 5) is 0. The second-order valence-electron chi connectivity index (χ2n) is 4.64. The van der Waals surface area contributed by atoms with Gasteiger partial charge in [-0.05, 0) is 42.7 Å². The molecule has 0 saturated heterocycles. The predicted octanol–water partition coefficient (Wildman–Crippen LogP) is 1.61. The molecule has 1 N–H and O–H groups in total. The Balaban J connectivity index is 1.83. The van der Waals surface area contributed by atoms with Gasteiger partial charge in [-0.15, -0.1) is 5.10 Å². The van der Waals surface area contributed by atoms with Crippen LogP contribution in [0.1, 0.15) is 39.0 Å². The summed E-state index contributed by atoms with van der Waals surface area (Å²) in [5, 5.41) is 16.8. The Morgan fingerprint density at radius 1 is 1.47 bits per heavy atom. The van der Waals surface area contributed by atoms with Crippen LogP contribution in [-0.4, -0.2) is 38.0 Å². The molecule has 96 valence electrons. The Hall–Kier alpha value is -0.620. The van der Waals surface area contributed by atoms with E-state index < -0.39 is 0 Å². The van der Waals surface area contributed by atoms with Gasteiger partial charge < -0.3 is 5.32 Å². The molecular formula is C11H21N5S. The molecule has 2 rings (SSSR count). The molecule has 1 aromatic heterocycles. The van der Waals surface area contributed by atoms with Gasteiger partial charge in [-0.1, -0.05) is 25.1 Å². The van der Waals surface area contributed by atoms with E-state index in [0.29, 0.717) is 11.3 Å². The molecule has 2 unspecified atom stereocenters. The van der Waals surface area contributed by atoms with Crippen molar-refractivity contribution in [2.75, 3.05) is 6.54 Å². The van der Waals surface area contributed by atoms with E-state index in [-0.39, 0.29) is 0 Å². The molecule has 17 heavy (non-hydrogen) atoms. The van der Waals surface area contributed by atoms with Crippen LogP contribution in [0.4, 0.5) is 0 Å². The molecule has 1 aromatic rings. The van der Waals surface area contributed by atoms with Crippen LogP contribution >= 0.6 is 11.8 Å². The van der Waals surface area contributed by atoms with Crippen molar-refractivity contribution in [1.82, 2.24) is 25.5 Å². The largest absolute Gasteiger partial charge is 0.314 e. The Morgan fingerprint density at radius 2 is 2.35 bits per heavy atom. The zero-order chi connectivity index (χ0) is 12.1. The first-order chi connectivity index (χ1) is 8.29. The second kappa shape index (κ2) is 6.35. The van der Waals surface area contributed by atoms with Crippen LogP contribution in [0.5, 0.6) is 0 Å². The van der Waals surface area contributed by atoms with Crippen molar-refractivity contribution in [3.8, 4) is 0 Å². The summed E-state index contributed by atoms with van der Waals surface area (Å²) in [7, 11) is 1.90. The highest BCUT2D eigenvalue weighted by Gasteiger charge is 2.23. The number of thioether (sulfide) groups is 1. The third kappa shape index (κ3) is 3.67. The number of aryl methyl sites for hydroxylation is 1. The maximum absolute atomic E-state index is 4.04. The van der Waals surface area contributed by atoms with Crippen LogP contribution in [0.2, 0.25) is 0 Å². The summed E-state index contributed by atoms with van der Waals surface area (Å²) in [6, 6.07) is 0.683. The standard InChI is InChI=1S/C11H21N5S/c1-3-7-12-9-5-4-6-10(8-9)17-11-13-14-15-16(11)2/h9-10,12H,3-8H2,1-2H3. The average molecular weight is 255 g/mol. The fourth-order valence-electron chi connectivity index (χ4n) is 2.26. The van der Waals surface area contributed by atoms with Crippen molar-refractivity contribution < 1.29 is 0 Å². The first kappa shape index (κ1) is 12.8. The van der Waals surface area contributed by atoms with Crippen molar-refractivity contribution >= 4 is 11.8 Å². The highest BCUT2D eigenvalue weighted by atomic mass is 32.2. The molecule has 0 radical (unpaired) electrons. The third-order valence-electron chi connectivity index (χ3n) is 3.16. The van der Waals surface area contributed by atoms with Crippen molar-refractivity contribution in [3.63, 3.8) is 0 Å². The Bertz CT molecular complexity index is 340. The van der Waals surface area contributed by atoms with Crippen LogP contribution in [0.3, 0.4) is 0 Å². The fourth-order valence-corrected chi connectivity index (χ4v) is 3.44. The quantitative estimate of drug-likeness (QED) is 0.866. The molecule has 0 spiro atoms. The number of nitrogens with one attached hydrogen (secondary N) is 1. The van der Waals surface area contributed by atoms with Crippen LogP contribution in [0.25, 0.3) is 0 Å². The van der Waals surface area contributed by atoms with Crippen LogP contribution in [0.15, 0.2) is 5.16 Å². The van der Waals surface area contributed by atoms with E-state index in [1.54, 1.807) is 4.68 Å². The predicted molar refractivity (Wildman–Crippen MR) is 69.0 cm³/mol. The molecular weight excluding hydrogens is 234 g/mol. The van der Waals surface area contributed by atoms with Crippen LogP contribution < -0.4 is 5.32 Å². The van der Waals surface area contributed by atoms with Gasteiger partial charge in [0.15, 0.2) is 0 Å². The van der Waals surface area contributed by atoms with Gasteiger partial charge in [0.2, 0.25) is 5.16 Å². The van der Waals surface area contributed by atoms with Gasteiger partial charge in [-0.2, -0.15) is 0 Å². The molecule has 0 aromatic carbocycles. The summed E-state index contributed by atoms with van der Waals surface area (Å²) in [6.07, 6.45) is 6.35. The Kier molecular flexibility index (Phi) is 4.79. The monoisotopic (exact) mass is 255 g/mol. The number of tetrazole rings is 1. The fraction of sp³-hybridized carbons (Fsp3) is 0.909. The molecule has 1 aliphatic rings. The average Bonchev–Trinajstić information content (AvgIpc) is 2.73. The smallest absolute Gasteiger partial charge is 0.209 e. The molecule has 0 aliphatic heterocycles. The molecule has 1 aliphatic carbocycles. The zero-order valence-electron chi connectivity index (χ0n) is 10.6. The molecule has 6 heteroatoms. The van der Waals surface area contributed by atoms with Gasteiger partial charge in [0.1, 0.15) is 0 Å². The lowest BCUT2D eigenvalue weighted by Gasteiger charge is -2.28. The topological polar surface area (TPSA) is 55.6 Å². The molecule has 0 bridgehead atoms. The van der Waals surface area contributed by atoms with Gasteiger partial charge >= 0.3 is 0 Å². The lowest BCUT2D eigenvalue weighted by atomic mass is 9.95. The summed E-state index contributed by atoms with van der Waals surface area (Å²) in [5.74, 6) is 0. The molecule has 5 nitrogen and oxygen atoms in total. The first-order valence-corrected chi connectivity index (χ1v) is 7.30. The van der Waals surface area contributed by atoms with Gasteiger partial charge in [-0.25, -0.2) is 4.68 Å². The van der Waals surface area contributed by atoms with Crippen LogP contribution in [0, 0.1) is 0 Å². The highest BCUT2D eigenvalue weighted by Crippen LogP contribution is 2.32. The maximum Gasteiger partial charge on any atom is 0.209 e. The van der Waals surface area contributed by atoms with Crippen LogP contribution in [-0.2, 0) is 7.05 Å². The molecule has 0 amide bonds. The molecule has 1 heterocycles. The number of rotatable bonds is 5. The SMILES string of the molecule is CCCNC1CCCC(Sc2nnnn2C)C1. The number of nitrogens with zero attached hydrogens (tertiary/aromatic N) is 4. The zero-order valence-corrected chi connectivity index (χ0v) is 11.4. The van der Waals surface area contributed by atoms with Crippen molar-refractivity contribution in [2.45, 2.75) is 55.5 Å². The number of aromatic nitrogens is 4. The van der Waals surface area contributed by atoms with Crippen molar-refractivity contribution in [2.24, 2.45) is 7.05 Å². The first-order valence-electron chi connectivity index (χ1n) is 6.42. The minimum atomic E-state index is 0.655. The van der Waals surface area contributed by atoms with E-state index in [2.05, 4.69) is 27.8 Å². The Labute approximate surface area is 107 Å². The van der Waals surface area contributed by atoms with E-state index >= 15 is 0 Å². The van der Waals surface area contributed by atoms with E-state index in [1.165, 1.54) is 32.1 Å². The summed E-state index contributed by atoms with van der Waals surface area (Å²) < 4.78 is 1.76. The maximum atomic E-state index is 4.04. The summed E-state index contributed by atoms with van der Waals surface area (Å²) >= 11 is 1.82. The second-order valence-corrected chi connectivity index (χ2v) is 5.91. The van der Waals surface area contributed by atoms with Crippen molar-refractivity contribution in [1.29, 1.82) is 0 Å².